The third-order valence-corrected chi connectivity index (χ3v) is 2.89. The van der Waals surface area contributed by atoms with E-state index >= 15 is 0 Å². The normalized spacial score (nSPS) is 16.2. The third-order valence-electron chi connectivity index (χ3n) is 2.89. The predicted octanol–water partition coefficient (Wildman–Crippen LogP) is 5.03. The van der Waals surface area contributed by atoms with Crippen molar-refractivity contribution in [2.75, 3.05) is 0 Å². The first-order valence-electron chi connectivity index (χ1n) is 6.04. The summed E-state index contributed by atoms with van der Waals surface area (Å²) >= 11 is 0. The van der Waals surface area contributed by atoms with Crippen LogP contribution in [-0.4, -0.2) is 0 Å². The fourth-order valence-corrected chi connectivity index (χ4v) is 2.52. The Morgan fingerprint density at radius 3 is 2.00 bits per heavy atom. The average molecular weight is 184 g/mol. The number of rotatable bonds is 7. The lowest BCUT2D eigenvalue weighted by Gasteiger charge is -2.31. The first kappa shape index (κ1) is 13.0. The summed E-state index contributed by atoms with van der Waals surface area (Å²) in [6, 6.07) is 0. The van der Waals surface area contributed by atoms with Crippen molar-refractivity contribution in [1.82, 2.24) is 0 Å². The molecule has 0 aliphatic carbocycles. The smallest absolute Gasteiger partial charge is 0.0324 e. The Morgan fingerprint density at radius 2 is 1.62 bits per heavy atom. The van der Waals surface area contributed by atoms with Crippen LogP contribution >= 0.6 is 0 Å². The molecule has 0 spiro atoms. The van der Waals surface area contributed by atoms with Crippen LogP contribution in [0.5, 0.6) is 0 Å². The van der Waals surface area contributed by atoms with Gasteiger partial charge in [-0.3, -0.25) is 0 Å². The van der Waals surface area contributed by atoms with Crippen LogP contribution in [0.4, 0.5) is 0 Å². The largest absolute Gasteiger partial charge is 0.0654 e. The zero-order valence-electron chi connectivity index (χ0n) is 10.3. The van der Waals surface area contributed by atoms with Crippen molar-refractivity contribution in [2.45, 2.75) is 73.1 Å². The molecule has 1 unspecified atom stereocenters. The second-order valence-corrected chi connectivity index (χ2v) is 5.26. The van der Waals surface area contributed by atoms with Gasteiger partial charge in [0.05, 0.1) is 0 Å². The van der Waals surface area contributed by atoms with Gasteiger partial charge in [-0.15, -0.1) is 0 Å². The molecule has 0 radical (unpaired) electrons. The fourth-order valence-electron chi connectivity index (χ4n) is 2.52. The maximum Gasteiger partial charge on any atom is -0.0324 e. The van der Waals surface area contributed by atoms with Crippen molar-refractivity contribution in [3.05, 3.63) is 0 Å². The Hall–Kier alpha value is 0. The van der Waals surface area contributed by atoms with Gasteiger partial charge >= 0.3 is 0 Å². The minimum absolute atomic E-state index is 0.624. The molecule has 0 N–H and O–H groups in total. The minimum atomic E-state index is 0.624. The maximum atomic E-state index is 2.48. The maximum absolute atomic E-state index is 2.48. The van der Waals surface area contributed by atoms with Crippen LogP contribution in [0.1, 0.15) is 73.1 Å². The molecule has 13 heavy (non-hydrogen) atoms. The lowest BCUT2D eigenvalue weighted by molar-refractivity contribution is 0.209. The van der Waals surface area contributed by atoms with Crippen LogP contribution in [0.15, 0.2) is 0 Å². The van der Waals surface area contributed by atoms with Gasteiger partial charge in [-0.25, -0.2) is 0 Å². The lowest BCUT2D eigenvalue weighted by atomic mass is 9.75. The molecule has 0 rings (SSSR count). The molecular weight excluding hydrogens is 156 g/mol. The van der Waals surface area contributed by atoms with E-state index in [1.54, 1.807) is 0 Å². The molecule has 0 aliphatic rings. The first-order valence-corrected chi connectivity index (χ1v) is 6.04. The molecule has 0 nitrogen and oxygen atoms in total. The van der Waals surface area contributed by atoms with E-state index in [0.29, 0.717) is 5.41 Å². The Balaban J connectivity index is 3.99. The summed E-state index contributed by atoms with van der Waals surface area (Å²) < 4.78 is 0. The van der Waals surface area contributed by atoms with Crippen molar-refractivity contribution in [3.63, 3.8) is 0 Å². The molecule has 0 saturated heterocycles. The van der Waals surface area contributed by atoms with E-state index in [-0.39, 0.29) is 0 Å². The van der Waals surface area contributed by atoms with Gasteiger partial charge in [-0.05, 0) is 30.6 Å². The highest BCUT2D eigenvalue weighted by Gasteiger charge is 2.23. The molecule has 0 aliphatic heterocycles. The van der Waals surface area contributed by atoms with Crippen molar-refractivity contribution < 1.29 is 0 Å². The summed E-state index contributed by atoms with van der Waals surface area (Å²) in [5.74, 6) is 0.855. The molecule has 0 heterocycles. The van der Waals surface area contributed by atoms with Gasteiger partial charge in [-0.2, -0.15) is 0 Å². The molecule has 0 aromatic rings. The standard InChI is InChI=1S/C13H28/c1-6-8-10-13(5,9-7-2)11-12(3)4/h12H,6-11H2,1-5H3. The van der Waals surface area contributed by atoms with E-state index in [1.807, 2.05) is 0 Å². The molecule has 0 heteroatoms. The van der Waals surface area contributed by atoms with E-state index in [1.165, 1.54) is 38.5 Å². The summed E-state index contributed by atoms with van der Waals surface area (Å²) in [4.78, 5) is 0. The van der Waals surface area contributed by atoms with Gasteiger partial charge in [-0.1, -0.05) is 53.9 Å². The highest BCUT2D eigenvalue weighted by molar-refractivity contribution is 4.75. The quantitative estimate of drug-likeness (QED) is 0.520. The van der Waals surface area contributed by atoms with Gasteiger partial charge in [0.1, 0.15) is 0 Å². The molecule has 0 amide bonds. The van der Waals surface area contributed by atoms with Crippen molar-refractivity contribution in [3.8, 4) is 0 Å². The van der Waals surface area contributed by atoms with Crippen molar-refractivity contribution in [2.24, 2.45) is 11.3 Å². The second-order valence-electron chi connectivity index (χ2n) is 5.26. The van der Waals surface area contributed by atoms with E-state index in [0.717, 1.165) is 5.92 Å². The number of unbranched alkanes of at least 4 members (excludes halogenated alkanes) is 1. The van der Waals surface area contributed by atoms with Gasteiger partial charge in [0.25, 0.3) is 0 Å². The van der Waals surface area contributed by atoms with Gasteiger partial charge < -0.3 is 0 Å². The average Bonchev–Trinajstić information content (AvgIpc) is 2.00. The minimum Gasteiger partial charge on any atom is -0.0654 e. The molecule has 80 valence electrons. The Kier molecular flexibility index (Phi) is 6.45. The van der Waals surface area contributed by atoms with E-state index in [4.69, 9.17) is 0 Å². The monoisotopic (exact) mass is 184 g/mol. The third kappa shape index (κ3) is 6.12. The van der Waals surface area contributed by atoms with Crippen molar-refractivity contribution >= 4 is 0 Å². The molecular formula is C13H28. The Morgan fingerprint density at radius 1 is 1.00 bits per heavy atom. The highest BCUT2D eigenvalue weighted by atomic mass is 14.3. The molecule has 0 aromatic heterocycles. The van der Waals surface area contributed by atoms with Gasteiger partial charge in [0, 0.05) is 0 Å². The second kappa shape index (κ2) is 6.45. The Bertz CT molecular complexity index is 115. The van der Waals surface area contributed by atoms with E-state index < -0.39 is 0 Å². The molecule has 0 saturated carbocycles. The zero-order valence-corrected chi connectivity index (χ0v) is 10.3. The number of hydrogen-bond donors (Lipinski definition) is 0. The SMILES string of the molecule is CCCCC(C)(CCC)CC(C)C. The van der Waals surface area contributed by atoms with Gasteiger partial charge in [0.2, 0.25) is 0 Å². The topological polar surface area (TPSA) is 0 Å². The Labute approximate surface area is 85.1 Å². The van der Waals surface area contributed by atoms with Crippen LogP contribution in [0.25, 0.3) is 0 Å². The fraction of sp³-hybridized carbons (Fsp3) is 1.00. The summed E-state index contributed by atoms with van der Waals surface area (Å²) in [5.41, 5.74) is 0.624. The van der Waals surface area contributed by atoms with Crippen LogP contribution in [0, 0.1) is 11.3 Å². The summed E-state index contributed by atoms with van der Waals surface area (Å²) in [6.07, 6.45) is 8.33. The van der Waals surface area contributed by atoms with Crippen LogP contribution in [0.3, 0.4) is 0 Å². The van der Waals surface area contributed by atoms with Gasteiger partial charge in [0.15, 0.2) is 0 Å². The van der Waals surface area contributed by atoms with E-state index in [2.05, 4.69) is 34.6 Å². The lowest BCUT2D eigenvalue weighted by Crippen LogP contribution is -2.18. The summed E-state index contributed by atoms with van der Waals surface area (Å²) in [5, 5.41) is 0. The molecule has 0 bridgehead atoms. The summed E-state index contributed by atoms with van der Waals surface area (Å²) in [7, 11) is 0. The summed E-state index contributed by atoms with van der Waals surface area (Å²) in [6.45, 7) is 11.8. The number of hydrogen-bond acceptors (Lipinski definition) is 0. The van der Waals surface area contributed by atoms with Crippen LogP contribution in [0.2, 0.25) is 0 Å². The molecule has 0 fully saturated rings. The predicted molar refractivity (Wildman–Crippen MR) is 62.0 cm³/mol. The van der Waals surface area contributed by atoms with Crippen LogP contribution in [-0.2, 0) is 0 Å². The van der Waals surface area contributed by atoms with Crippen molar-refractivity contribution in [1.29, 1.82) is 0 Å². The first-order chi connectivity index (χ1) is 6.04. The van der Waals surface area contributed by atoms with E-state index in [9.17, 15) is 0 Å². The van der Waals surface area contributed by atoms with Crippen LogP contribution < -0.4 is 0 Å². The molecule has 1 atom stereocenters. The highest BCUT2D eigenvalue weighted by Crippen LogP contribution is 2.36. The zero-order chi connectivity index (χ0) is 10.3. The molecule has 0 aromatic carbocycles.